The number of methoxy groups -OCH3 is 2. The fraction of sp³-hybridized carbons (Fsp3) is 0.214. The summed E-state index contributed by atoms with van der Waals surface area (Å²) < 4.78 is 30.5. The smallest absolute Gasteiger partial charge is 0.300 e. The number of nitrogens with zero attached hydrogens (tertiary/aromatic N) is 1. The van der Waals surface area contributed by atoms with Gasteiger partial charge in [0.25, 0.3) is 11.7 Å². The van der Waals surface area contributed by atoms with E-state index in [1.165, 1.54) is 31.3 Å². The van der Waals surface area contributed by atoms with Crippen LogP contribution < -0.4 is 19.1 Å². The minimum absolute atomic E-state index is 0.0385. The lowest BCUT2D eigenvalue weighted by molar-refractivity contribution is -0.132. The van der Waals surface area contributed by atoms with Gasteiger partial charge in [0.2, 0.25) is 0 Å². The Hall–Kier alpha value is -4.33. The zero-order valence-electron chi connectivity index (χ0n) is 20.2. The van der Waals surface area contributed by atoms with Crippen LogP contribution in [-0.2, 0) is 9.59 Å². The Labute approximate surface area is 208 Å². The van der Waals surface area contributed by atoms with E-state index < -0.39 is 29.3 Å². The summed E-state index contributed by atoms with van der Waals surface area (Å²) in [5, 5.41) is 11.3. The van der Waals surface area contributed by atoms with Crippen LogP contribution in [0.5, 0.6) is 17.2 Å². The highest BCUT2D eigenvalue weighted by atomic mass is 19.1. The summed E-state index contributed by atoms with van der Waals surface area (Å²) in [7, 11) is 2.87. The molecule has 4 rings (SSSR count). The number of ether oxygens (including phenoxy) is 3. The second kappa shape index (κ2) is 10.5. The van der Waals surface area contributed by atoms with Gasteiger partial charge in [-0.25, -0.2) is 4.39 Å². The van der Waals surface area contributed by atoms with E-state index in [4.69, 9.17) is 14.2 Å². The molecule has 1 unspecified atom stereocenters. The molecule has 0 aromatic heterocycles. The Balaban J connectivity index is 1.95. The number of anilines is 1. The van der Waals surface area contributed by atoms with Crippen molar-refractivity contribution in [2.75, 3.05) is 25.7 Å². The molecule has 3 aromatic rings. The lowest BCUT2D eigenvalue weighted by Crippen LogP contribution is -2.29. The first-order chi connectivity index (χ1) is 17.4. The van der Waals surface area contributed by atoms with Gasteiger partial charge in [0.05, 0.1) is 38.0 Å². The van der Waals surface area contributed by atoms with E-state index in [1.54, 1.807) is 48.5 Å². The number of halogens is 1. The van der Waals surface area contributed by atoms with Gasteiger partial charge in [-0.15, -0.1) is 0 Å². The Morgan fingerprint density at radius 2 is 1.72 bits per heavy atom. The fourth-order valence-electron chi connectivity index (χ4n) is 4.18. The maximum absolute atomic E-state index is 14.1. The van der Waals surface area contributed by atoms with Crippen molar-refractivity contribution in [1.29, 1.82) is 0 Å². The topological polar surface area (TPSA) is 85.3 Å². The predicted molar refractivity (Wildman–Crippen MR) is 133 cm³/mol. The van der Waals surface area contributed by atoms with Crippen molar-refractivity contribution in [3.63, 3.8) is 0 Å². The Bertz CT molecular complexity index is 1340. The number of benzene rings is 3. The van der Waals surface area contributed by atoms with Gasteiger partial charge in [-0.05, 0) is 54.4 Å². The Morgan fingerprint density at radius 3 is 2.44 bits per heavy atom. The van der Waals surface area contributed by atoms with E-state index >= 15 is 0 Å². The van der Waals surface area contributed by atoms with Crippen LogP contribution in [0.15, 0.2) is 72.3 Å². The molecule has 0 spiro atoms. The van der Waals surface area contributed by atoms with Crippen molar-refractivity contribution in [3.05, 3.63) is 89.2 Å². The number of hydrogen-bond donors (Lipinski definition) is 1. The Kier molecular flexibility index (Phi) is 7.24. The van der Waals surface area contributed by atoms with E-state index in [1.807, 2.05) is 6.92 Å². The molecule has 0 radical (unpaired) electrons. The van der Waals surface area contributed by atoms with Crippen LogP contribution in [0.1, 0.15) is 30.5 Å². The van der Waals surface area contributed by atoms with E-state index in [-0.39, 0.29) is 16.9 Å². The van der Waals surface area contributed by atoms with Crippen LogP contribution in [0.4, 0.5) is 10.1 Å². The zero-order valence-corrected chi connectivity index (χ0v) is 20.2. The van der Waals surface area contributed by atoms with E-state index in [9.17, 15) is 19.1 Å². The molecular formula is C28H26FNO6. The summed E-state index contributed by atoms with van der Waals surface area (Å²) >= 11 is 0. The lowest BCUT2D eigenvalue weighted by atomic mass is 9.94. The SMILES string of the molecule is CCCOc1cccc(N2C(=O)C(=O)/C(=C(/O)c3cc(F)ccc3OC)C2c2cccc(OC)c2)c1. The van der Waals surface area contributed by atoms with Crippen LogP contribution in [0.2, 0.25) is 0 Å². The van der Waals surface area contributed by atoms with Crippen molar-refractivity contribution < 1.29 is 33.3 Å². The summed E-state index contributed by atoms with van der Waals surface area (Å²) in [5.41, 5.74) is 0.689. The van der Waals surface area contributed by atoms with Gasteiger partial charge in [-0.2, -0.15) is 0 Å². The van der Waals surface area contributed by atoms with Crippen LogP contribution >= 0.6 is 0 Å². The first-order valence-electron chi connectivity index (χ1n) is 11.4. The van der Waals surface area contributed by atoms with E-state index in [0.717, 1.165) is 12.5 Å². The second-order valence-corrected chi connectivity index (χ2v) is 8.14. The highest BCUT2D eigenvalue weighted by Crippen LogP contribution is 2.44. The minimum atomic E-state index is -1.02. The minimum Gasteiger partial charge on any atom is -0.507 e. The van der Waals surface area contributed by atoms with Gasteiger partial charge in [-0.3, -0.25) is 14.5 Å². The van der Waals surface area contributed by atoms with Crippen molar-refractivity contribution in [2.24, 2.45) is 0 Å². The molecule has 1 amide bonds. The fourth-order valence-corrected chi connectivity index (χ4v) is 4.18. The van der Waals surface area contributed by atoms with Crippen molar-refractivity contribution in [2.45, 2.75) is 19.4 Å². The average Bonchev–Trinajstić information content (AvgIpc) is 3.17. The third kappa shape index (κ3) is 4.62. The molecule has 1 saturated heterocycles. The molecule has 1 heterocycles. The molecule has 8 heteroatoms. The number of hydrogen-bond acceptors (Lipinski definition) is 6. The number of rotatable bonds is 8. The number of carbonyl (C=O) groups is 2. The van der Waals surface area contributed by atoms with Gasteiger partial charge in [0.15, 0.2) is 0 Å². The largest absolute Gasteiger partial charge is 0.507 e. The summed E-state index contributed by atoms with van der Waals surface area (Å²) in [4.78, 5) is 28.1. The second-order valence-electron chi connectivity index (χ2n) is 8.14. The molecule has 3 aromatic carbocycles. The normalized spacial score (nSPS) is 16.8. The molecular weight excluding hydrogens is 465 g/mol. The quantitative estimate of drug-likeness (QED) is 0.263. The number of amides is 1. The molecule has 186 valence electrons. The van der Waals surface area contributed by atoms with Crippen LogP contribution in [0, 0.1) is 5.82 Å². The van der Waals surface area contributed by atoms with E-state index in [0.29, 0.717) is 29.4 Å². The summed E-state index contributed by atoms with van der Waals surface area (Å²) in [6, 6.07) is 16.2. The first-order valence-corrected chi connectivity index (χ1v) is 11.4. The summed E-state index contributed by atoms with van der Waals surface area (Å²) in [5.74, 6) is -1.74. The number of aliphatic hydroxyl groups excluding tert-OH is 1. The predicted octanol–water partition coefficient (Wildman–Crippen LogP) is 5.26. The number of carbonyl (C=O) groups excluding carboxylic acids is 2. The van der Waals surface area contributed by atoms with Gasteiger partial charge < -0.3 is 19.3 Å². The summed E-state index contributed by atoms with van der Waals surface area (Å²) in [6.45, 7) is 2.47. The highest BCUT2D eigenvalue weighted by molar-refractivity contribution is 6.51. The van der Waals surface area contributed by atoms with Crippen molar-refractivity contribution in [3.8, 4) is 17.2 Å². The standard InChI is InChI=1S/C28H26FNO6/c1-4-13-36-21-10-6-8-19(16-21)30-25(17-7-5-9-20(14-17)34-2)24(27(32)28(30)33)26(31)22-15-18(29)11-12-23(22)35-3/h5-12,14-16,25,31H,4,13H2,1-3H3/b26-24+. The zero-order chi connectivity index (χ0) is 25.8. The maximum Gasteiger partial charge on any atom is 0.300 e. The maximum atomic E-state index is 14.1. The third-order valence-electron chi connectivity index (χ3n) is 5.84. The molecule has 0 bridgehead atoms. The molecule has 1 atom stereocenters. The molecule has 1 fully saturated rings. The molecule has 7 nitrogen and oxygen atoms in total. The van der Waals surface area contributed by atoms with Gasteiger partial charge in [0.1, 0.15) is 28.8 Å². The molecule has 1 aliphatic heterocycles. The molecule has 0 aliphatic carbocycles. The van der Waals surface area contributed by atoms with Crippen LogP contribution in [-0.4, -0.2) is 37.6 Å². The first kappa shape index (κ1) is 24.8. The molecule has 0 saturated carbocycles. The summed E-state index contributed by atoms with van der Waals surface area (Å²) in [6.07, 6.45) is 0.800. The van der Waals surface area contributed by atoms with Crippen LogP contribution in [0.25, 0.3) is 5.76 Å². The van der Waals surface area contributed by atoms with Gasteiger partial charge >= 0.3 is 0 Å². The number of aliphatic hydroxyl groups is 1. The monoisotopic (exact) mass is 491 g/mol. The lowest BCUT2D eigenvalue weighted by Gasteiger charge is -2.26. The van der Waals surface area contributed by atoms with E-state index in [2.05, 4.69) is 0 Å². The van der Waals surface area contributed by atoms with Crippen molar-refractivity contribution >= 4 is 23.1 Å². The highest BCUT2D eigenvalue weighted by Gasteiger charge is 2.47. The van der Waals surface area contributed by atoms with Gasteiger partial charge in [0, 0.05) is 11.8 Å². The third-order valence-corrected chi connectivity index (χ3v) is 5.84. The van der Waals surface area contributed by atoms with Gasteiger partial charge in [-0.1, -0.05) is 25.1 Å². The molecule has 1 N–H and O–H groups in total. The molecule has 36 heavy (non-hydrogen) atoms. The number of Topliss-reactive ketones (excluding diaryl/α,β-unsaturated/α-hetero) is 1. The van der Waals surface area contributed by atoms with Crippen molar-refractivity contribution in [1.82, 2.24) is 0 Å². The average molecular weight is 492 g/mol. The Morgan fingerprint density at radius 1 is 0.972 bits per heavy atom. The molecule has 1 aliphatic rings. The number of ketones is 1. The van der Waals surface area contributed by atoms with Crippen LogP contribution in [0.3, 0.4) is 0 Å².